The first-order valence-electron chi connectivity index (χ1n) is 10.4. The van der Waals surface area contributed by atoms with Crippen molar-refractivity contribution in [1.82, 2.24) is 5.32 Å². The molecule has 2 unspecified atom stereocenters. The average Bonchev–Trinajstić information content (AvgIpc) is 3.15. The second kappa shape index (κ2) is 8.75. The van der Waals surface area contributed by atoms with Crippen LogP contribution in [-0.4, -0.2) is 33.3 Å². The number of anilines is 1. The number of fused-ring (bicyclic) bond motifs is 1. The normalized spacial score (nSPS) is 18.2. The van der Waals surface area contributed by atoms with Gasteiger partial charge in [0, 0.05) is 43.7 Å². The van der Waals surface area contributed by atoms with Gasteiger partial charge in [0.2, 0.25) is 0 Å². The molecule has 0 bridgehead atoms. The summed E-state index contributed by atoms with van der Waals surface area (Å²) in [7, 11) is 4.09. The smallest absolute Gasteiger partial charge is 0.138 e. The molecule has 0 radical (unpaired) electrons. The molecule has 0 amide bonds. The monoisotopic (exact) mass is 390 g/mol. The number of furan rings is 1. The van der Waals surface area contributed by atoms with E-state index in [9.17, 15) is 0 Å². The summed E-state index contributed by atoms with van der Waals surface area (Å²) in [4.78, 5) is 2.10. The van der Waals surface area contributed by atoms with Crippen LogP contribution in [0.2, 0.25) is 0 Å². The van der Waals surface area contributed by atoms with Crippen molar-refractivity contribution in [1.29, 1.82) is 0 Å². The highest BCUT2D eigenvalue weighted by Gasteiger charge is 2.21. The van der Waals surface area contributed by atoms with Crippen LogP contribution in [0.1, 0.15) is 31.1 Å². The lowest BCUT2D eigenvalue weighted by atomic mass is 9.94. The molecule has 0 saturated carbocycles. The van der Waals surface area contributed by atoms with Gasteiger partial charge >= 0.3 is 0 Å². The lowest BCUT2D eigenvalue weighted by Gasteiger charge is -2.28. The summed E-state index contributed by atoms with van der Waals surface area (Å²) in [5.41, 5.74) is 3.20. The minimum atomic E-state index is 0.194. The molecule has 1 saturated heterocycles. The van der Waals surface area contributed by atoms with Gasteiger partial charge in [-0.1, -0.05) is 18.2 Å². The van der Waals surface area contributed by atoms with Crippen LogP contribution in [0, 0.1) is 5.92 Å². The van der Waals surface area contributed by atoms with Gasteiger partial charge in [-0.25, -0.2) is 0 Å². The highest BCUT2D eigenvalue weighted by atomic mass is 16.5. The molecular formula is C25H30N2O2. The molecule has 4 rings (SSSR count). The molecule has 29 heavy (non-hydrogen) atoms. The molecule has 0 spiro atoms. The van der Waals surface area contributed by atoms with Gasteiger partial charge in [0.05, 0.1) is 6.10 Å². The Morgan fingerprint density at radius 1 is 1.10 bits per heavy atom. The van der Waals surface area contributed by atoms with Gasteiger partial charge in [-0.05, 0) is 68.3 Å². The number of hydrogen-bond donors (Lipinski definition) is 1. The molecule has 4 nitrogen and oxygen atoms in total. The molecule has 0 aliphatic carbocycles. The van der Waals surface area contributed by atoms with Crippen LogP contribution >= 0.6 is 0 Å². The molecular weight excluding hydrogens is 360 g/mol. The molecule has 1 aliphatic heterocycles. The average molecular weight is 391 g/mol. The number of rotatable bonds is 6. The van der Waals surface area contributed by atoms with Gasteiger partial charge in [-0.3, -0.25) is 0 Å². The molecule has 1 aliphatic rings. The second-order valence-corrected chi connectivity index (χ2v) is 8.10. The summed E-state index contributed by atoms with van der Waals surface area (Å²) in [6, 6.07) is 16.6. The Morgan fingerprint density at radius 2 is 1.93 bits per heavy atom. The quantitative estimate of drug-likeness (QED) is 0.608. The van der Waals surface area contributed by atoms with Crippen molar-refractivity contribution in [3.63, 3.8) is 0 Å². The fraction of sp³-hybridized carbons (Fsp3) is 0.360. The van der Waals surface area contributed by atoms with Gasteiger partial charge in [0.25, 0.3) is 0 Å². The zero-order valence-electron chi connectivity index (χ0n) is 17.5. The summed E-state index contributed by atoms with van der Waals surface area (Å²) in [5.74, 6) is 2.28. The predicted molar refractivity (Wildman–Crippen MR) is 122 cm³/mol. The first kappa shape index (κ1) is 19.6. The Bertz CT molecular complexity index is 966. The molecule has 3 aromatic rings. The van der Waals surface area contributed by atoms with Crippen LogP contribution in [0.3, 0.4) is 0 Å². The number of nitrogens with one attached hydrogen (secondary N) is 1. The topological polar surface area (TPSA) is 37.6 Å². The highest BCUT2D eigenvalue weighted by molar-refractivity contribution is 5.83. The van der Waals surface area contributed by atoms with E-state index in [1.807, 2.05) is 32.3 Å². The van der Waals surface area contributed by atoms with Crippen LogP contribution in [0.5, 0.6) is 5.75 Å². The zero-order chi connectivity index (χ0) is 20.2. The summed E-state index contributed by atoms with van der Waals surface area (Å²) in [6.45, 7) is 4.33. The maximum absolute atomic E-state index is 6.21. The van der Waals surface area contributed by atoms with Crippen LogP contribution in [0.4, 0.5) is 5.69 Å². The van der Waals surface area contributed by atoms with Crippen LogP contribution in [-0.2, 0) is 0 Å². The fourth-order valence-corrected chi connectivity index (χ4v) is 3.84. The maximum Gasteiger partial charge on any atom is 0.138 e. The van der Waals surface area contributed by atoms with E-state index in [1.165, 1.54) is 18.5 Å². The molecule has 152 valence electrons. The van der Waals surface area contributed by atoms with E-state index in [1.54, 1.807) is 0 Å². The largest absolute Gasteiger partial charge is 0.490 e. The SMILES string of the molecule is CC(Oc1ccc2cc(C=Cc3ccc(N(C)C)cc3)oc2c1)C1CCCNC1. The number of nitrogens with zero attached hydrogens (tertiary/aromatic N) is 1. The Kier molecular flexibility index (Phi) is 5.91. The molecule has 4 heteroatoms. The first-order valence-corrected chi connectivity index (χ1v) is 10.4. The fourth-order valence-electron chi connectivity index (χ4n) is 3.84. The van der Waals surface area contributed by atoms with Gasteiger partial charge in [0.1, 0.15) is 17.1 Å². The minimum Gasteiger partial charge on any atom is -0.490 e. The van der Waals surface area contributed by atoms with E-state index in [4.69, 9.17) is 9.15 Å². The Morgan fingerprint density at radius 3 is 2.66 bits per heavy atom. The lowest BCUT2D eigenvalue weighted by Crippen LogP contribution is -2.37. The van der Waals surface area contributed by atoms with Crippen molar-refractivity contribution >= 4 is 28.8 Å². The second-order valence-electron chi connectivity index (χ2n) is 8.10. The maximum atomic E-state index is 6.21. The predicted octanol–water partition coefficient (Wildman–Crippen LogP) is 5.44. The number of piperidine rings is 1. The zero-order valence-corrected chi connectivity index (χ0v) is 17.5. The number of hydrogen-bond acceptors (Lipinski definition) is 4. The number of benzene rings is 2. The van der Waals surface area contributed by atoms with E-state index in [-0.39, 0.29) is 6.10 Å². The molecule has 2 atom stereocenters. The number of ether oxygens (including phenoxy) is 1. The summed E-state index contributed by atoms with van der Waals surface area (Å²) in [5, 5.41) is 4.55. The van der Waals surface area contributed by atoms with E-state index in [2.05, 4.69) is 59.6 Å². The first-order chi connectivity index (χ1) is 14.1. The van der Waals surface area contributed by atoms with Crippen molar-refractivity contribution in [2.24, 2.45) is 5.92 Å². The lowest BCUT2D eigenvalue weighted by molar-refractivity contribution is 0.131. The minimum absolute atomic E-state index is 0.194. The van der Waals surface area contributed by atoms with Gasteiger partial charge < -0.3 is 19.4 Å². The van der Waals surface area contributed by atoms with Crippen molar-refractivity contribution in [2.45, 2.75) is 25.9 Å². The third kappa shape index (κ3) is 4.83. The molecule has 2 heterocycles. The summed E-state index contributed by atoms with van der Waals surface area (Å²) >= 11 is 0. The van der Waals surface area contributed by atoms with Crippen LogP contribution < -0.4 is 15.0 Å². The van der Waals surface area contributed by atoms with E-state index in [0.29, 0.717) is 5.92 Å². The van der Waals surface area contributed by atoms with Crippen LogP contribution in [0.25, 0.3) is 23.1 Å². The third-order valence-corrected chi connectivity index (χ3v) is 5.68. The summed E-state index contributed by atoms with van der Waals surface area (Å²) < 4.78 is 12.2. The Labute approximate surface area is 173 Å². The highest BCUT2D eigenvalue weighted by Crippen LogP contribution is 2.27. The summed E-state index contributed by atoms with van der Waals surface area (Å²) in [6.07, 6.45) is 6.73. The van der Waals surface area contributed by atoms with E-state index < -0.39 is 0 Å². The van der Waals surface area contributed by atoms with E-state index >= 15 is 0 Å². The van der Waals surface area contributed by atoms with Crippen LogP contribution in [0.15, 0.2) is 52.9 Å². The van der Waals surface area contributed by atoms with Gasteiger partial charge in [-0.15, -0.1) is 0 Å². The van der Waals surface area contributed by atoms with Crippen molar-refractivity contribution in [2.75, 3.05) is 32.1 Å². The molecule has 1 aromatic heterocycles. The molecule has 1 fully saturated rings. The Hall–Kier alpha value is -2.72. The molecule has 2 aromatic carbocycles. The van der Waals surface area contributed by atoms with Gasteiger partial charge in [-0.2, -0.15) is 0 Å². The Balaban J connectivity index is 1.45. The third-order valence-electron chi connectivity index (χ3n) is 5.68. The van der Waals surface area contributed by atoms with Crippen molar-refractivity contribution in [3.8, 4) is 5.75 Å². The van der Waals surface area contributed by atoms with Crippen molar-refractivity contribution < 1.29 is 9.15 Å². The molecule has 1 N–H and O–H groups in total. The van der Waals surface area contributed by atoms with Gasteiger partial charge in [0.15, 0.2) is 0 Å². The standard InChI is InChI=1S/C25H30N2O2/c1-18(21-5-4-14-26-17-21)28-24-13-9-20-15-23(29-25(20)16-24)12-8-19-6-10-22(11-7-19)27(2)3/h6-13,15-16,18,21,26H,4-5,14,17H2,1-3H3. The van der Waals surface area contributed by atoms with E-state index in [0.717, 1.165) is 41.1 Å². The van der Waals surface area contributed by atoms with Crippen molar-refractivity contribution in [3.05, 3.63) is 59.9 Å².